The standard InChI is InChI=1S/C21H23F3N2O5S/c1-14-3-8-19(11-16(14)12-20(27)28)32(29,30)26-10-9-25(13-15(26)2)17-4-6-18(7-5-17)31-21(22,23)24/h3-8,11,15H,9-10,12-13H2,1-2H3,(H,27,28). The molecule has 0 amide bonds. The maximum absolute atomic E-state index is 13.2. The highest BCUT2D eigenvalue weighted by Crippen LogP contribution is 2.28. The van der Waals surface area contributed by atoms with Gasteiger partial charge >= 0.3 is 12.3 Å². The van der Waals surface area contributed by atoms with Crippen molar-refractivity contribution in [2.45, 2.75) is 37.6 Å². The molecule has 2 aromatic carbocycles. The molecule has 0 radical (unpaired) electrons. The second kappa shape index (κ2) is 8.99. The quantitative estimate of drug-likeness (QED) is 0.693. The molecule has 0 spiro atoms. The van der Waals surface area contributed by atoms with E-state index >= 15 is 0 Å². The first kappa shape index (κ1) is 23.9. The Morgan fingerprint density at radius 2 is 1.81 bits per heavy atom. The first-order chi connectivity index (χ1) is 14.9. The van der Waals surface area contributed by atoms with Gasteiger partial charge in [0.2, 0.25) is 10.0 Å². The maximum atomic E-state index is 13.2. The van der Waals surface area contributed by atoms with E-state index in [1.54, 1.807) is 19.9 Å². The van der Waals surface area contributed by atoms with E-state index in [1.165, 1.54) is 40.7 Å². The topological polar surface area (TPSA) is 87.2 Å². The van der Waals surface area contributed by atoms with Crippen LogP contribution in [-0.2, 0) is 21.2 Å². The number of benzene rings is 2. The number of aliphatic carboxylic acids is 1. The predicted octanol–water partition coefficient (Wildman–Crippen LogP) is 3.42. The number of halogens is 3. The molecule has 3 rings (SSSR count). The number of carbonyl (C=O) groups is 1. The summed E-state index contributed by atoms with van der Waals surface area (Å²) in [5.74, 6) is -1.37. The summed E-state index contributed by atoms with van der Waals surface area (Å²) in [5, 5.41) is 9.06. The fourth-order valence-corrected chi connectivity index (χ4v) is 5.35. The number of alkyl halides is 3. The lowest BCUT2D eigenvalue weighted by molar-refractivity contribution is -0.274. The Morgan fingerprint density at radius 3 is 2.38 bits per heavy atom. The van der Waals surface area contributed by atoms with Gasteiger partial charge in [0.15, 0.2) is 0 Å². The second-order valence-corrected chi connectivity index (χ2v) is 9.50. The third-order valence-corrected chi connectivity index (χ3v) is 7.28. The normalized spacial score (nSPS) is 17.9. The van der Waals surface area contributed by atoms with Crippen LogP contribution in [0.4, 0.5) is 18.9 Å². The number of piperazine rings is 1. The van der Waals surface area contributed by atoms with Crippen LogP contribution in [0.3, 0.4) is 0 Å². The molecular weight excluding hydrogens is 449 g/mol. The number of ether oxygens (including phenoxy) is 1. The lowest BCUT2D eigenvalue weighted by Crippen LogP contribution is -2.54. The number of anilines is 1. The summed E-state index contributed by atoms with van der Waals surface area (Å²) in [4.78, 5) is 13.0. The van der Waals surface area contributed by atoms with E-state index in [0.29, 0.717) is 29.9 Å². The Hall–Kier alpha value is -2.79. The third kappa shape index (κ3) is 5.52. The number of nitrogens with zero attached hydrogens (tertiary/aromatic N) is 2. The number of carboxylic acids is 1. The molecule has 7 nitrogen and oxygen atoms in total. The van der Waals surface area contributed by atoms with Gasteiger partial charge in [-0.1, -0.05) is 6.07 Å². The molecule has 1 N–H and O–H groups in total. The summed E-state index contributed by atoms with van der Waals surface area (Å²) >= 11 is 0. The van der Waals surface area contributed by atoms with Crippen LogP contribution in [0.5, 0.6) is 5.75 Å². The highest BCUT2D eigenvalue weighted by molar-refractivity contribution is 7.89. The SMILES string of the molecule is Cc1ccc(S(=O)(=O)N2CCN(c3ccc(OC(F)(F)F)cc3)CC2C)cc1CC(=O)O. The van der Waals surface area contributed by atoms with Crippen molar-refractivity contribution in [3.63, 3.8) is 0 Å². The zero-order chi connectivity index (χ0) is 23.7. The van der Waals surface area contributed by atoms with Gasteiger partial charge in [0.05, 0.1) is 11.3 Å². The molecule has 0 saturated carbocycles. The number of carboxylic acid groups (broad SMARTS) is 1. The van der Waals surface area contributed by atoms with Crippen LogP contribution in [0.15, 0.2) is 47.4 Å². The van der Waals surface area contributed by atoms with Crippen molar-refractivity contribution in [3.05, 3.63) is 53.6 Å². The largest absolute Gasteiger partial charge is 0.573 e. The van der Waals surface area contributed by atoms with Crippen molar-refractivity contribution < 1.29 is 36.2 Å². The molecule has 11 heteroatoms. The molecule has 1 unspecified atom stereocenters. The van der Waals surface area contributed by atoms with E-state index in [2.05, 4.69) is 4.74 Å². The van der Waals surface area contributed by atoms with E-state index < -0.39 is 28.4 Å². The zero-order valence-corrected chi connectivity index (χ0v) is 18.3. The van der Waals surface area contributed by atoms with Crippen LogP contribution >= 0.6 is 0 Å². The van der Waals surface area contributed by atoms with Gasteiger partial charge in [0, 0.05) is 31.4 Å². The van der Waals surface area contributed by atoms with Gasteiger partial charge in [-0.3, -0.25) is 4.79 Å². The van der Waals surface area contributed by atoms with Crippen molar-refractivity contribution in [1.82, 2.24) is 4.31 Å². The molecule has 174 valence electrons. The Bertz CT molecular complexity index is 1090. The summed E-state index contributed by atoms with van der Waals surface area (Å²) in [7, 11) is -3.85. The van der Waals surface area contributed by atoms with Gasteiger partial charge < -0.3 is 14.7 Å². The second-order valence-electron chi connectivity index (χ2n) is 7.61. The molecule has 0 bridgehead atoms. The van der Waals surface area contributed by atoms with Gasteiger partial charge in [0.25, 0.3) is 0 Å². The van der Waals surface area contributed by atoms with Gasteiger partial charge in [-0.25, -0.2) is 8.42 Å². The van der Waals surface area contributed by atoms with Gasteiger partial charge in [-0.15, -0.1) is 13.2 Å². The van der Waals surface area contributed by atoms with E-state index in [4.69, 9.17) is 5.11 Å². The van der Waals surface area contributed by atoms with Crippen molar-refractivity contribution in [2.24, 2.45) is 0 Å². The van der Waals surface area contributed by atoms with Gasteiger partial charge in [-0.2, -0.15) is 4.31 Å². The van der Waals surface area contributed by atoms with Crippen molar-refractivity contribution in [3.8, 4) is 5.75 Å². The Kier molecular flexibility index (Phi) is 6.70. The number of sulfonamides is 1. The summed E-state index contributed by atoms with van der Waals surface area (Å²) in [6, 6.07) is 9.47. The third-order valence-electron chi connectivity index (χ3n) is 5.27. The van der Waals surface area contributed by atoms with E-state index in [-0.39, 0.29) is 23.6 Å². The minimum Gasteiger partial charge on any atom is -0.481 e. The van der Waals surface area contributed by atoms with Crippen molar-refractivity contribution in [1.29, 1.82) is 0 Å². The highest BCUT2D eigenvalue weighted by Gasteiger charge is 2.34. The zero-order valence-electron chi connectivity index (χ0n) is 17.5. The first-order valence-electron chi connectivity index (χ1n) is 9.81. The summed E-state index contributed by atoms with van der Waals surface area (Å²) in [6.07, 6.45) is -5.04. The van der Waals surface area contributed by atoms with Crippen LogP contribution in [0, 0.1) is 6.92 Å². The van der Waals surface area contributed by atoms with Crippen molar-refractivity contribution in [2.75, 3.05) is 24.5 Å². The van der Waals surface area contributed by atoms with Crippen LogP contribution in [0.2, 0.25) is 0 Å². The van der Waals surface area contributed by atoms with Crippen LogP contribution in [0.1, 0.15) is 18.1 Å². The molecular formula is C21H23F3N2O5S. The first-order valence-corrected chi connectivity index (χ1v) is 11.2. The van der Waals surface area contributed by atoms with Gasteiger partial charge in [0.1, 0.15) is 5.75 Å². The molecule has 1 aliphatic rings. The highest BCUT2D eigenvalue weighted by atomic mass is 32.2. The van der Waals surface area contributed by atoms with Crippen LogP contribution in [-0.4, -0.2) is 55.8 Å². The summed E-state index contributed by atoms with van der Waals surface area (Å²) in [5.41, 5.74) is 1.79. The number of hydrogen-bond donors (Lipinski definition) is 1. The molecule has 2 aromatic rings. The van der Waals surface area contributed by atoms with E-state index in [1.807, 2.05) is 4.90 Å². The Morgan fingerprint density at radius 1 is 1.16 bits per heavy atom. The lowest BCUT2D eigenvalue weighted by Gasteiger charge is -2.40. The molecule has 1 heterocycles. The molecule has 0 aromatic heterocycles. The number of hydrogen-bond acceptors (Lipinski definition) is 5. The Labute approximate surface area is 184 Å². The molecule has 1 fully saturated rings. The van der Waals surface area contributed by atoms with Crippen LogP contribution in [0.25, 0.3) is 0 Å². The number of rotatable bonds is 6. The smallest absolute Gasteiger partial charge is 0.481 e. The van der Waals surface area contributed by atoms with Crippen molar-refractivity contribution >= 4 is 21.7 Å². The Balaban J connectivity index is 1.74. The minimum absolute atomic E-state index is 0.0355. The average molecular weight is 472 g/mol. The summed E-state index contributed by atoms with van der Waals surface area (Å²) in [6.45, 7) is 4.33. The fraction of sp³-hybridized carbons (Fsp3) is 0.381. The summed E-state index contributed by atoms with van der Waals surface area (Å²) < 4.78 is 68.6. The van der Waals surface area contributed by atoms with E-state index in [9.17, 15) is 26.4 Å². The molecule has 32 heavy (non-hydrogen) atoms. The monoisotopic (exact) mass is 472 g/mol. The maximum Gasteiger partial charge on any atom is 0.573 e. The minimum atomic E-state index is -4.77. The average Bonchev–Trinajstić information content (AvgIpc) is 2.68. The number of aryl methyl sites for hydroxylation is 1. The van der Waals surface area contributed by atoms with E-state index in [0.717, 1.165) is 0 Å². The fourth-order valence-electron chi connectivity index (χ4n) is 3.69. The predicted molar refractivity (Wildman–Crippen MR) is 111 cm³/mol. The molecule has 1 aliphatic heterocycles. The molecule has 1 atom stereocenters. The molecule has 1 saturated heterocycles. The molecule has 0 aliphatic carbocycles. The van der Waals surface area contributed by atoms with Crippen LogP contribution < -0.4 is 9.64 Å². The lowest BCUT2D eigenvalue weighted by atomic mass is 10.1. The van der Waals surface area contributed by atoms with Gasteiger partial charge in [-0.05, 0) is 61.4 Å².